The molecule has 232 valence electrons. The fraction of sp³-hybridized carbons (Fsp3) is 0.0263. The summed E-state index contributed by atoms with van der Waals surface area (Å²) in [5, 5.41) is 11.0. The van der Waals surface area contributed by atoms with Crippen molar-refractivity contribution in [3.05, 3.63) is 173 Å². The van der Waals surface area contributed by atoms with Crippen molar-refractivity contribution in [3.8, 4) is 33.8 Å². The molecule has 0 aliphatic rings. The number of nitrogens with zero attached hydrogens (tertiary/aromatic N) is 1. The summed E-state index contributed by atoms with van der Waals surface area (Å²) in [5.41, 5.74) is 3.36. The van der Waals surface area contributed by atoms with Crippen molar-refractivity contribution in [2.24, 2.45) is 0 Å². The van der Waals surface area contributed by atoms with Gasteiger partial charge in [0.15, 0.2) is 0 Å². The average molecular weight is 642 g/mol. The summed E-state index contributed by atoms with van der Waals surface area (Å²) in [4.78, 5) is 23.5. The predicted molar refractivity (Wildman–Crippen MR) is 178 cm³/mol. The van der Waals surface area contributed by atoms with E-state index in [2.05, 4.69) is 0 Å². The summed E-state index contributed by atoms with van der Waals surface area (Å²) in [6.45, 7) is 0.313. The molecule has 0 aromatic heterocycles. The summed E-state index contributed by atoms with van der Waals surface area (Å²) >= 11 is 0. The second-order valence-electron chi connectivity index (χ2n) is 10.5. The van der Waals surface area contributed by atoms with Gasteiger partial charge in [-0.3, -0.25) is 10.1 Å². The molecule has 6 aromatic rings. The molecule has 0 aliphatic carbocycles. The quantitative estimate of drug-likeness (QED) is 0.0637. The maximum absolute atomic E-state index is 14.1. The van der Waals surface area contributed by atoms with Gasteiger partial charge in [-0.2, -0.15) is 0 Å². The van der Waals surface area contributed by atoms with Gasteiger partial charge in [-0.1, -0.05) is 91.0 Å². The minimum atomic E-state index is -4.05. The number of ether oxygens (including phenoxy) is 2. The van der Waals surface area contributed by atoms with Crippen molar-refractivity contribution in [1.29, 1.82) is 0 Å². The van der Waals surface area contributed by atoms with Crippen molar-refractivity contribution in [2.75, 3.05) is 0 Å². The number of sulfone groups is 1. The van der Waals surface area contributed by atoms with Gasteiger partial charge in [0.1, 0.15) is 18.1 Å². The van der Waals surface area contributed by atoms with Gasteiger partial charge in [0.2, 0.25) is 9.84 Å². The van der Waals surface area contributed by atoms with E-state index in [0.29, 0.717) is 29.0 Å². The minimum Gasteiger partial charge on any atom is -0.488 e. The van der Waals surface area contributed by atoms with Crippen LogP contribution in [0.15, 0.2) is 161 Å². The molecule has 0 bridgehead atoms. The molecule has 47 heavy (non-hydrogen) atoms. The van der Waals surface area contributed by atoms with Crippen LogP contribution in [0.4, 0.5) is 5.69 Å². The SMILES string of the molecule is O=C(Oc1ccc(S(=O)(=O)c2ccc(OCc3ccccc3)c(-c3ccccc3)c2)cc1-c1ccccc1)c1ccc([N+](=O)[O-])cc1. The van der Waals surface area contributed by atoms with Crippen LogP contribution in [0.1, 0.15) is 15.9 Å². The Morgan fingerprint density at radius 1 is 0.617 bits per heavy atom. The van der Waals surface area contributed by atoms with Gasteiger partial charge in [0.05, 0.1) is 20.3 Å². The highest BCUT2D eigenvalue weighted by Gasteiger charge is 2.23. The Morgan fingerprint density at radius 3 is 1.64 bits per heavy atom. The lowest BCUT2D eigenvalue weighted by atomic mass is 10.0. The van der Waals surface area contributed by atoms with Crippen molar-refractivity contribution in [3.63, 3.8) is 0 Å². The normalized spacial score (nSPS) is 11.1. The molecule has 0 N–H and O–H groups in total. The molecule has 0 amide bonds. The fourth-order valence-corrected chi connectivity index (χ4v) is 6.32. The number of hydrogen-bond acceptors (Lipinski definition) is 7. The number of nitro groups is 1. The summed E-state index contributed by atoms with van der Waals surface area (Å²) in [5.74, 6) is -0.0723. The van der Waals surface area contributed by atoms with E-state index in [1.54, 1.807) is 36.4 Å². The number of hydrogen-bond donors (Lipinski definition) is 0. The van der Waals surface area contributed by atoms with Gasteiger partial charge >= 0.3 is 5.97 Å². The van der Waals surface area contributed by atoms with Crippen LogP contribution in [0.3, 0.4) is 0 Å². The molecule has 0 heterocycles. The highest BCUT2D eigenvalue weighted by molar-refractivity contribution is 7.91. The zero-order chi connectivity index (χ0) is 32.8. The number of esters is 1. The Kier molecular flexibility index (Phi) is 8.90. The van der Waals surface area contributed by atoms with Crippen molar-refractivity contribution >= 4 is 21.5 Å². The standard InChI is InChI=1S/C38H27NO7S/c40-38(30-16-18-31(19-17-30)39(41)42)46-37-23-21-33(25-35(37)29-14-8-3-9-15-29)47(43,44)32-20-22-36(45-26-27-10-4-1-5-11-27)34(24-32)28-12-6-2-7-13-28/h1-25H,26H2. The van der Waals surface area contributed by atoms with Crippen LogP contribution < -0.4 is 9.47 Å². The second kappa shape index (κ2) is 13.5. The third kappa shape index (κ3) is 6.95. The smallest absolute Gasteiger partial charge is 0.343 e. The Bertz CT molecular complexity index is 2150. The van der Waals surface area contributed by atoms with E-state index in [4.69, 9.17) is 9.47 Å². The topological polar surface area (TPSA) is 113 Å². The lowest BCUT2D eigenvalue weighted by Gasteiger charge is -2.16. The molecule has 6 rings (SSSR count). The maximum atomic E-state index is 14.1. The van der Waals surface area contributed by atoms with E-state index in [0.717, 1.165) is 11.1 Å². The Hall–Kier alpha value is -6.06. The Morgan fingerprint density at radius 2 is 1.11 bits per heavy atom. The lowest BCUT2D eigenvalue weighted by molar-refractivity contribution is -0.384. The molecule has 0 saturated heterocycles. The zero-order valence-electron chi connectivity index (χ0n) is 24.9. The van der Waals surface area contributed by atoms with E-state index < -0.39 is 20.7 Å². The Balaban J connectivity index is 1.36. The van der Waals surface area contributed by atoms with Crippen LogP contribution in [0, 0.1) is 10.1 Å². The van der Waals surface area contributed by atoms with E-state index in [1.165, 1.54) is 48.5 Å². The highest BCUT2D eigenvalue weighted by Crippen LogP contribution is 2.38. The molecule has 9 heteroatoms. The molecule has 0 atom stereocenters. The number of carbonyl (C=O) groups excluding carboxylic acids is 1. The molecule has 0 spiro atoms. The minimum absolute atomic E-state index is 0.00320. The van der Waals surface area contributed by atoms with Crippen LogP contribution in [0.2, 0.25) is 0 Å². The number of carbonyl (C=O) groups is 1. The van der Waals surface area contributed by atoms with Crippen LogP contribution in [-0.4, -0.2) is 19.3 Å². The largest absolute Gasteiger partial charge is 0.488 e. The van der Waals surface area contributed by atoms with E-state index >= 15 is 0 Å². The molecule has 0 aliphatic heterocycles. The van der Waals surface area contributed by atoms with Gasteiger partial charge in [-0.05, 0) is 65.2 Å². The summed E-state index contributed by atoms with van der Waals surface area (Å²) in [6, 6.07) is 42.2. The molecule has 0 saturated carbocycles. The summed E-state index contributed by atoms with van der Waals surface area (Å²) in [7, 11) is -4.05. The van der Waals surface area contributed by atoms with E-state index in [-0.39, 0.29) is 26.8 Å². The first-order valence-electron chi connectivity index (χ1n) is 14.6. The van der Waals surface area contributed by atoms with E-state index in [9.17, 15) is 23.3 Å². The number of non-ortho nitro benzene ring substituents is 1. The summed E-state index contributed by atoms with van der Waals surface area (Å²) in [6.07, 6.45) is 0. The molecule has 6 aromatic carbocycles. The zero-order valence-corrected chi connectivity index (χ0v) is 25.7. The average Bonchev–Trinajstić information content (AvgIpc) is 3.12. The maximum Gasteiger partial charge on any atom is 0.343 e. The molecular formula is C38H27NO7S. The van der Waals surface area contributed by atoms with Crippen molar-refractivity contribution in [2.45, 2.75) is 16.4 Å². The molecule has 0 unspecified atom stereocenters. The van der Waals surface area contributed by atoms with Crippen LogP contribution >= 0.6 is 0 Å². The van der Waals surface area contributed by atoms with Gasteiger partial charge in [-0.25, -0.2) is 13.2 Å². The first-order chi connectivity index (χ1) is 22.8. The van der Waals surface area contributed by atoms with Crippen LogP contribution in [0.25, 0.3) is 22.3 Å². The first-order valence-corrected chi connectivity index (χ1v) is 16.1. The molecule has 0 radical (unpaired) electrons. The van der Waals surface area contributed by atoms with E-state index in [1.807, 2.05) is 66.7 Å². The third-order valence-electron chi connectivity index (χ3n) is 7.45. The van der Waals surface area contributed by atoms with Crippen molar-refractivity contribution < 1.29 is 27.6 Å². The fourth-order valence-electron chi connectivity index (χ4n) is 5.00. The number of rotatable bonds is 10. The van der Waals surface area contributed by atoms with Gasteiger partial charge < -0.3 is 9.47 Å². The van der Waals surface area contributed by atoms with Crippen LogP contribution in [-0.2, 0) is 16.4 Å². The first kappa shape index (κ1) is 30.9. The number of benzene rings is 6. The summed E-state index contributed by atoms with van der Waals surface area (Å²) < 4.78 is 40.1. The lowest BCUT2D eigenvalue weighted by Crippen LogP contribution is -2.10. The van der Waals surface area contributed by atoms with Gasteiger partial charge in [0, 0.05) is 23.3 Å². The molecular weight excluding hydrogens is 614 g/mol. The third-order valence-corrected chi connectivity index (χ3v) is 9.19. The van der Waals surface area contributed by atoms with Crippen molar-refractivity contribution in [1.82, 2.24) is 0 Å². The monoisotopic (exact) mass is 641 g/mol. The second-order valence-corrected chi connectivity index (χ2v) is 12.5. The molecule has 8 nitrogen and oxygen atoms in total. The van der Waals surface area contributed by atoms with Crippen LogP contribution in [0.5, 0.6) is 11.5 Å². The predicted octanol–water partition coefficient (Wildman–Crippen LogP) is 8.56. The Labute approximate surface area is 271 Å². The van der Waals surface area contributed by atoms with Gasteiger partial charge in [0.25, 0.3) is 5.69 Å². The highest BCUT2D eigenvalue weighted by atomic mass is 32.2. The molecule has 0 fully saturated rings. The van der Waals surface area contributed by atoms with Gasteiger partial charge in [-0.15, -0.1) is 0 Å². The number of nitro benzene ring substituents is 1.